The predicted octanol–water partition coefficient (Wildman–Crippen LogP) is 4.06. The molecular weight excluding hydrogens is 344 g/mol. The van der Waals surface area contributed by atoms with Gasteiger partial charge in [-0.1, -0.05) is 23.8 Å². The van der Waals surface area contributed by atoms with Gasteiger partial charge in [-0.3, -0.25) is 9.48 Å². The van der Waals surface area contributed by atoms with Gasteiger partial charge >= 0.3 is 0 Å². The van der Waals surface area contributed by atoms with Crippen LogP contribution in [0.5, 0.6) is 0 Å². The third-order valence-electron chi connectivity index (χ3n) is 4.23. The van der Waals surface area contributed by atoms with Crippen molar-refractivity contribution in [1.82, 2.24) is 20.1 Å². The van der Waals surface area contributed by atoms with Crippen molar-refractivity contribution in [2.24, 2.45) is 0 Å². The van der Waals surface area contributed by atoms with Gasteiger partial charge in [0.1, 0.15) is 9.88 Å². The number of aryl methyl sites for hydroxylation is 5. The van der Waals surface area contributed by atoms with Crippen LogP contribution in [0.25, 0.3) is 10.6 Å². The molecular formula is C20H24N4OS. The summed E-state index contributed by atoms with van der Waals surface area (Å²) in [4.78, 5) is 17.8. The summed E-state index contributed by atoms with van der Waals surface area (Å²) in [7, 11) is 0. The topological polar surface area (TPSA) is 59.8 Å². The highest BCUT2D eigenvalue weighted by atomic mass is 32.1. The summed E-state index contributed by atoms with van der Waals surface area (Å²) >= 11 is 1.46. The Bertz CT molecular complexity index is 926. The van der Waals surface area contributed by atoms with E-state index in [2.05, 4.69) is 47.4 Å². The first-order valence-electron chi connectivity index (χ1n) is 8.76. The second-order valence-corrected chi connectivity index (χ2v) is 7.64. The maximum absolute atomic E-state index is 12.5. The fraction of sp³-hybridized carbons (Fsp3) is 0.350. The first-order chi connectivity index (χ1) is 12.4. The van der Waals surface area contributed by atoms with E-state index in [9.17, 15) is 4.79 Å². The smallest absolute Gasteiger partial charge is 0.263 e. The summed E-state index contributed by atoms with van der Waals surface area (Å²) in [5, 5.41) is 8.15. The van der Waals surface area contributed by atoms with Crippen molar-refractivity contribution >= 4 is 17.2 Å². The van der Waals surface area contributed by atoms with Gasteiger partial charge < -0.3 is 5.32 Å². The van der Waals surface area contributed by atoms with Crippen molar-refractivity contribution in [3.8, 4) is 10.6 Å². The Labute approximate surface area is 158 Å². The summed E-state index contributed by atoms with van der Waals surface area (Å²) in [5.74, 6) is -0.0485. The lowest BCUT2D eigenvalue weighted by Crippen LogP contribution is -2.25. The molecule has 0 aliphatic heterocycles. The molecule has 0 bridgehead atoms. The Hall–Kier alpha value is -2.47. The number of rotatable bonds is 6. The molecule has 1 aromatic carbocycles. The second kappa shape index (κ2) is 7.83. The van der Waals surface area contributed by atoms with Crippen LogP contribution in [-0.4, -0.2) is 27.2 Å². The SMILES string of the molecule is Cc1ccc(-c2nc(C)c(C(=O)NCCCn3cc(C)cn3)s2)c(C)c1. The highest BCUT2D eigenvalue weighted by Gasteiger charge is 2.16. The maximum Gasteiger partial charge on any atom is 0.263 e. The zero-order chi connectivity index (χ0) is 18.7. The van der Waals surface area contributed by atoms with Crippen LogP contribution in [0.15, 0.2) is 30.6 Å². The summed E-state index contributed by atoms with van der Waals surface area (Å²) in [6, 6.07) is 6.30. The Kier molecular flexibility index (Phi) is 5.52. The highest BCUT2D eigenvalue weighted by Crippen LogP contribution is 2.30. The molecule has 0 atom stereocenters. The Morgan fingerprint density at radius 3 is 2.69 bits per heavy atom. The van der Waals surface area contributed by atoms with E-state index < -0.39 is 0 Å². The standard InChI is InChI=1S/C20H24N4OS/c1-13-6-7-17(15(3)10-13)20-23-16(4)18(26-20)19(25)21-8-5-9-24-12-14(2)11-22-24/h6-7,10-12H,5,8-9H2,1-4H3,(H,21,25). The number of nitrogens with zero attached hydrogens (tertiary/aromatic N) is 3. The van der Waals surface area contributed by atoms with E-state index in [-0.39, 0.29) is 5.91 Å². The summed E-state index contributed by atoms with van der Waals surface area (Å²) in [5.41, 5.74) is 5.43. The number of hydrogen-bond donors (Lipinski definition) is 1. The first kappa shape index (κ1) is 18.3. The van der Waals surface area contributed by atoms with Gasteiger partial charge in [-0.05, 0) is 45.2 Å². The van der Waals surface area contributed by atoms with E-state index in [1.54, 1.807) is 0 Å². The minimum atomic E-state index is -0.0485. The lowest BCUT2D eigenvalue weighted by Gasteiger charge is -2.04. The molecule has 3 aromatic rings. The van der Waals surface area contributed by atoms with Crippen LogP contribution in [0.1, 0.15) is 38.5 Å². The molecule has 0 unspecified atom stereocenters. The molecule has 6 heteroatoms. The lowest BCUT2D eigenvalue weighted by molar-refractivity contribution is 0.0956. The van der Waals surface area contributed by atoms with E-state index >= 15 is 0 Å². The molecule has 0 radical (unpaired) electrons. The molecule has 1 N–H and O–H groups in total. The number of hydrogen-bond acceptors (Lipinski definition) is 4. The molecule has 26 heavy (non-hydrogen) atoms. The molecule has 3 rings (SSSR count). The number of thiazole rings is 1. The van der Waals surface area contributed by atoms with Crippen molar-refractivity contribution in [1.29, 1.82) is 0 Å². The van der Waals surface area contributed by atoms with E-state index in [1.165, 1.54) is 22.5 Å². The van der Waals surface area contributed by atoms with Crippen LogP contribution in [-0.2, 0) is 6.54 Å². The average molecular weight is 369 g/mol. The number of carbonyl (C=O) groups is 1. The molecule has 2 aromatic heterocycles. The van der Waals surface area contributed by atoms with Gasteiger partial charge in [0, 0.05) is 24.8 Å². The second-order valence-electron chi connectivity index (χ2n) is 6.64. The van der Waals surface area contributed by atoms with Gasteiger partial charge in [0.05, 0.1) is 11.9 Å². The third kappa shape index (κ3) is 4.19. The van der Waals surface area contributed by atoms with Crippen LogP contribution in [0.2, 0.25) is 0 Å². The normalized spacial score (nSPS) is 10.9. The van der Waals surface area contributed by atoms with E-state index in [0.717, 1.165) is 34.8 Å². The maximum atomic E-state index is 12.5. The third-order valence-corrected chi connectivity index (χ3v) is 5.42. The van der Waals surface area contributed by atoms with E-state index in [4.69, 9.17) is 0 Å². The first-order valence-corrected chi connectivity index (χ1v) is 9.58. The predicted molar refractivity (Wildman–Crippen MR) is 106 cm³/mol. The van der Waals surface area contributed by atoms with Crippen LogP contribution in [0.4, 0.5) is 0 Å². The molecule has 0 saturated heterocycles. The van der Waals surface area contributed by atoms with E-state index in [0.29, 0.717) is 11.4 Å². The minimum absolute atomic E-state index is 0.0485. The number of benzene rings is 1. The van der Waals surface area contributed by atoms with Crippen molar-refractivity contribution in [3.63, 3.8) is 0 Å². The molecule has 0 spiro atoms. The Morgan fingerprint density at radius 2 is 2.00 bits per heavy atom. The van der Waals surface area contributed by atoms with Crippen molar-refractivity contribution in [2.45, 2.75) is 40.7 Å². The van der Waals surface area contributed by atoms with Gasteiger partial charge in [0.2, 0.25) is 0 Å². The molecule has 136 valence electrons. The van der Waals surface area contributed by atoms with Crippen molar-refractivity contribution in [2.75, 3.05) is 6.54 Å². The number of amides is 1. The molecule has 0 aliphatic rings. The molecule has 2 heterocycles. The Morgan fingerprint density at radius 1 is 1.19 bits per heavy atom. The zero-order valence-electron chi connectivity index (χ0n) is 15.7. The summed E-state index contributed by atoms with van der Waals surface area (Å²) in [6.45, 7) is 9.48. The number of carbonyl (C=O) groups excluding carboxylic acids is 1. The average Bonchev–Trinajstić information content (AvgIpc) is 3.17. The molecule has 0 saturated carbocycles. The Balaban J connectivity index is 1.62. The van der Waals surface area contributed by atoms with Gasteiger partial charge in [-0.25, -0.2) is 4.98 Å². The van der Waals surface area contributed by atoms with Gasteiger partial charge in [-0.2, -0.15) is 5.10 Å². The summed E-state index contributed by atoms with van der Waals surface area (Å²) < 4.78 is 1.90. The lowest BCUT2D eigenvalue weighted by atomic mass is 10.1. The van der Waals surface area contributed by atoms with Crippen molar-refractivity contribution in [3.05, 3.63) is 57.9 Å². The largest absolute Gasteiger partial charge is 0.351 e. The van der Waals surface area contributed by atoms with Gasteiger partial charge in [-0.15, -0.1) is 11.3 Å². The van der Waals surface area contributed by atoms with Gasteiger partial charge in [0.15, 0.2) is 0 Å². The fourth-order valence-corrected chi connectivity index (χ4v) is 3.96. The van der Waals surface area contributed by atoms with E-state index in [1.807, 2.05) is 30.9 Å². The number of aromatic nitrogens is 3. The van der Waals surface area contributed by atoms with Crippen LogP contribution >= 0.6 is 11.3 Å². The van der Waals surface area contributed by atoms with Crippen molar-refractivity contribution < 1.29 is 4.79 Å². The summed E-state index contributed by atoms with van der Waals surface area (Å²) in [6.07, 6.45) is 4.69. The number of nitrogens with one attached hydrogen (secondary N) is 1. The van der Waals surface area contributed by atoms with Crippen LogP contribution in [0.3, 0.4) is 0 Å². The molecule has 1 amide bonds. The quantitative estimate of drug-likeness (QED) is 0.668. The monoisotopic (exact) mass is 368 g/mol. The van der Waals surface area contributed by atoms with Crippen LogP contribution < -0.4 is 5.32 Å². The molecule has 5 nitrogen and oxygen atoms in total. The molecule has 0 fully saturated rings. The fourth-order valence-electron chi connectivity index (χ4n) is 2.89. The van der Waals surface area contributed by atoms with Crippen LogP contribution in [0, 0.1) is 27.7 Å². The van der Waals surface area contributed by atoms with Gasteiger partial charge in [0.25, 0.3) is 5.91 Å². The highest BCUT2D eigenvalue weighted by molar-refractivity contribution is 7.17. The zero-order valence-corrected chi connectivity index (χ0v) is 16.5. The minimum Gasteiger partial charge on any atom is -0.351 e. The molecule has 0 aliphatic carbocycles.